The monoisotopic (exact) mass is 436 g/mol. The standard InChI is InChI=1S/C12H7BrClF5N2OS/c13-10-5-7(6-20-11(10)14)12(22)21-8-1-3-9(4-2-8)23(15,16,17,18)19/h1-6H,(H,21,22). The Balaban J connectivity index is 2.22. The van der Waals surface area contributed by atoms with Crippen molar-refractivity contribution < 1.29 is 24.2 Å². The van der Waals surface area contributed by atoms with Crippen LogP contribution in [0.4, 0.5) is 25.1 Å². The van der Waals surface area contributed by atoms with Gasteiger partial charge in [-0.05, 0) is 46.3 Å². The van der Waals surface area contributed by atoms with Gasteiger partial charge in [-0.15, -0.1) is 0 Å². The maximum absolute atomic E-state index is 12.6. The number of rotatable bonds is 3. The van der Waals surface area contributed by atoms with E-state index in [9.17, 15) is 24.2 Å². The van der Waals surface area contributed by atoms with Crippen molar-refractivity contribution in [1.82, 2.24) is 4.98 Å². The SMILES string of the molecule is O=C(Nc1ccc(S(F)(F)(F)(F)F)cc1)c1cnc(Cl)c(Br)c1. The van der Waals surface area contributed by atoms with Crippen molar-refractivity contribution in [1.29, 1.82) is 0 Å². The van der Waals surface area contributed by atoms with E-state index in [1.54, 1.807) is 0 Å². The molecule has 0 fully saturated rings. The van der Waals surface area contributed by atoms with E-state index in [-0.39, 0.29) is 28.5 Å². The zero-order chi connectivity index (χ0) is 17.5. The number of aromatic nitrogens is 1. The highest BCUT2D eigenvalue weighted by atomic mass is 79.9. The summed E-state index contributed by atoms with van der Waals surface area (Å²) < 4.78 is 63.2. The Morgan fingerprint density at radius 2 is 1.70 bits per heavy atom. The van der Waals surface area contributed by atoms with E-state index in [0.717, 1.165) is 18.3 Å². The van der Waals surface area contributed by atoms with Crippen LogP contribution in [0.2, 0.25) is 5.15 Å². The molecule has 1 amide bonds. The van der Waals surface area contributed by atoms with Gasteiger partial charge in [0.25, 0.3) is 5.91 Å². The highest BCUT2D eigenvalue weighted by molar-refractivity contribution is 9.10. The molecule has 126 valence electrons. The predicted molar refractivity (Wildman–Crippen MR) is 82.7 cm³/mol. The van der Waals surface area contributed by atoms with E-state index in [0.29, 0.717) is 4.47 Å². The minimum absolute atomic E-state index is 0.0772. The first kappa shape index (κ1) is 18.0. The second-order valence-electron chi connectivity index (χ2n) is 4.44. The van der Waals surface area contributed by atoms with Crippen molar-refractivity contribution in [2.75, 3.05) is 5.32 Å². The molecule has 1 aromatic heterocycles. The lowest BCUT2D eigenvalue weighted by molar-refractivity contribution is 0.102. The van der Waals surface area contributed by atoms with Gasteiger partial charge in [-0.2, -0.15) is 0 Å². The van der Waals surface area contributed by atoms with Crippen molar-refractivity contribution in [3.8, 4) is 0 Å². The van der Waals surface area contributed by atoms with Crippen LogP contribution in [0, 0.1) is 0 Å². The van der Waals surface area contributed by atoms with Crippen molar-refractivity contribution in [2.24, 2.45) is 0 Å². The number of hydrogen-bond acceptors (Lipinski definition) is 2. The molecule has 23 heavy (non-hydrogen) atoms. The van der Waals surface area contributed by atoms with Gasteiger partial charge in [0.05, 0.1) is 10.0 Å². The lowest BCUT2D eigenvalue weighted by atomic mass is 10.2. The fraction of sp³-hybridized carbons (Fsp3) is 0. The third-order valence-corrected chi connectivity index (χ3v) is 4.91. The molecule has 1 heterocycles. The average molecular weight is 438 g/mol. The van der Waals surface area contributed by atoms with Gasteiger partial charge in [0.15, 0.2) is 0 Å². The van der Waals surface area contributed by atoms with E-state index in [1.165, 1.54) is 6.07 Å². The van der Waals surface area contributed by atoms with E-state index in [4.69, 9.17) is 11.6 Å². The molecule has 0 saturated carbocycles. The Morgan fingerprint density at radius 3 is 2.17 bits per heavy atom. The molecule has 0 bridgehead atoms. The Kier molecular flexibility index (Phi) is 3.94. The fourth-order valence-corrected chi connectivity index (χ4v) is 2.65. The van der Waals surface area contributed by atoms with E-state index >= 15 is 0 Å². The van der Waals surface area contributed by atoms with Crippen molar-refractivity contribution >= 4 is 49.3 Å². The lowest BCUT2D eigenvalue weighted by Crippen LogP contribution is -2.12. The van der Waals surface area contributed by atoms with Crippen LogP contribution in [-0.4, -0.2) is 10.9 Å². The molecule has 2 rings (SSSR count). The summed E-state index contributed by atoms with van der Waals surface area (Å²) in [6.07, 6.45) is 1.16. The molecule has 0 unspecified atom stereocenters. The predicted octanol–water partition coefficient (Wildman–Crippen LogP) is 6.41. The Hall–Kier alpha value is -1.39. The number of amides is 1. The molecule has 2 aromatic rings. The maximum Gasteiger partial charge on any atom is 0.310 e. The number of carbonyl (C=O) groups excluding carboxylic acids is 1. The Labute approximate surface area is 140 Å². The van der Waals surface area contributed by atoms with Gasteiger partial charge in [0.1, 0.15) is 10.0 Å². The number of hydrogen-bond donors (Lipinski definition) is 1. The van der Waals surface area contributed by atoms with Crippen LogP contribution in [0.3, 0.4) is 0 Å². The average Bonchev–Trinajstić information content (AvgIpc) is 2.40. The lowest BCUT2D eigenvalue weighted by Gasteiger charge is -2.40. The second-order valence-corrected chi connectivity index (χ2v) is 8.07. The van der Waals surface area contributed by atoms with E-state index in [1.807, 2.05) is 0 Å². The first-order valence-corrected chi connectivity index (χ1v) is 8.85. The van der Waals surface area contributed by atoms with Gasteiger partial charge < -0.3 is 5.32 Å². The van der Waals surface area contributed by atoms with Crippen LogP contribution in [-0.2, 0) is 0 Å². The smallest absolute Gasteiger partial charge is 0.310 e. The number of anilines is 1. The minimum Gasteiger partial charge on any atom is -0.322 e. The third kappa shape index (κ3) is 4.55. The molecule has 0 spiro atoms. The minimum atomic E-state index is -9.72. The molecule has 0 aliphatic rings. The molecule has 0 aliphatic heterocycles. The van der Waals surface area contributed by atoms with Crippen LogP contribution < -0.4 is 5.32 Å². The van der Waals surface area contributed by atoms with Crippen molar-refractivity contribution in [3.63, 3.8) is 0 Å². The zero-order valence-electron chi connectivity index (χ0n) is 10.9. The number of halogens is 7. The number of benzene rings is 1. The van der Waals surface area contributed by atoms with Gasteiger partial charge in [0.2, 0.25) is 0 Å². The van der Waals surface area contributed by atoms with Gasteiger partial charge in [-0.3, -0.25) is 4.79 Å². The summed E-state index contributed by atoms with van der Waals surface area (Å²) in [7, 11) is -9.72. The molecule has 11 heteroatoms. The molecule has 1 N–H and O–H groups in total. The number of nitrogens with one attached hydrogen (secondary N) is 1. The third-order valence-electron chi connectivity index (χ3n) is 2.62. The van der Waals surface area contributed by atoms with Crippen LogP contribution in [0.1, 0.15) is 10.4 Å². The fourth-order valence-electron chi connectivity index (χ4n) is 1.54. The Bertz CT molecular complexity index is 783. The molecule has 0 aliphatic carbocycles. The van der Waals surface area contributed by atoms with Crippen LogP contribution in [0.15, 0.2) is 45.9 Å². The van der Waals surface area contributed by atoms with Gasteiger partial charge >= 0.3 is 10.2 Å². The summed E-state index contributed by atoms with van der Waals surface area (Å²) in [5.41, 5.74) is 0.00439. The van der Waals surface area contributed by atoms with Crippen LogP contribution >= 0.6 is 37.8 Å². The van der Waals surface area contributed by atoms with Crippen molar-refractivity contribution in [2.45, 2.75) is 4.90 Å². The highest BCUT2D eigenvalue weighted by Gasteiger charge is 2.65. The number of nitrogens with zero attached hydrogens (tertiary/aromatic N) is 1. The largest absolute Gasteiger partial charge is 0.322 e. The molecule has 0 atom stereocenters. The molecular formula is C12H7BrClF5N2OS. The first-order valence-electron chi connectivity index (χ1n) is 5.73. The summed E-state index contributed by atoms with van der Waals surface area (Å²) in [5.74, 6) is -0.685. The highest BCUT2D eigenvalue weighted by Crippen LogP contribution is 3.02. The summed E-state index contributed by atoms with van der Waals surface area (Å²) in [6, 6.07) is 3.27. The second kappa shape index (κ2) is 5.05. The Morgan fingerprint density at radius 1 is 1.13 bits per heavy atom. The normalized spacial score (nSPS) is 14.7. The molecule has 0 saturated heterocycles. The summed E-state index contributed by atoms with van der Waals surface area (Å²) in [4.78, 5) is 13.6. The molecule has 1 aromatic carbocycles. The molecule has 0 radical (unpaired) electrons. The van der Waals surface area contributed by atoms with Gasteiger partial charge in [-0.25, -0.2) is 4.98 Å². The quantitative estimate of drug-likeness (QED) is 0.445. The summed E-state index contributed by atoms with van der Waals surface area (Å²) in [5, 5.41) is 2.39. The topological polar surface area (TPSA) is 42.0 Å². The van der Waals surface area contributed by atoms with Crippen molar-refractivity contribution in [3.05, 3.63) is 51.7 Å². The zero-order valence-corrected chi connectivity index (χ0v) is 14.0. The summed E-state index contributed by atoms with van der Waals surface area (Å²) >= 11 is 8.73. The first-order chi connectivity index (χ1) is 10.3. The number of carbonyl (C=O) groups is 1. The van der Waals surface area contributed by atoms with E-state index < -0.39 is 21.0 Å². The van der Waals surface area contributed by atoms with Gasteiger partial charge in [0, 0.05) is 11.9 Å². The number of pyridine rings is 1. The molecule has 3 nitrogen and oxygen atoms in total. The maximum atomic E-state index is 12.6. The summed E-state index contributed by atoms with van der Waals surface area (Å²) in [6.45, 7) is 0. The van der Waals surface area contributed by atoms with Crippen LogP contribution in [0.5, 0.6) is 0 Å². The van der Waals surface area contributed by atoms with Gasteiger partial charge in [-0.1, -0.05) is 31.0 Å². The van der Waals surface area contributed by atoms with E-state index in [2.05, 4.69) is 26.2 Å². The van der Waals surface area contributed by atoms with Crippen LogP contribution in [0.25, 0.3) is 0 Å². The molecular weight excluding hydrogens is 431 g/mol.